The third-order valence-corrected chi connectivity index (χ3v) is 7.21. The highest BCUT2D eigenvalue weighted by atomic mass is 16.5. The topological polar surface area (TPSA) is 85.3 Å². The Morgan fingerprint density at radius 3 is 2.62 bits per heavy atom. The maximum Gasteiger partial charge on any atom is 0.303 e. The lowest BCUT2D eigenvalue weighted by atomic mass is 9.95. The fraction of sp³-hybridized carbons (Fsp3) is 0.467. The van der Waals surface area contributed by atoms with Crippen molar-refractivity contribution in [2.24, 2.45) is 5.92 Å². The second kappa shape index (κ2) is 13.5. The predicted molar refractivity (Wildman–Crippen MR) is 142 cm³/mol. The fourth-order valence-electron chi connectivity index (χ4n) is 5.25. The lowest BCUT2D eigenvalue weighted by Crippen LogP contribution is -2.49. The number of hydrogen-bond donors (Lipinski definition) is 1. The monoisotopic (exact) mass is 507 g/mol. The molecule has 4 rings (SSSR count). The summed E-state index contributed by atoms with van der Waals surface area (Å²) in [7, 11) is 1.67. The molecule has 7 nitrogen and oxygen atoms in total. The van der Waals surface area contributed by atoms with Gasteiger partial charge in [0.2, 0.25) is 0 Å². The smallest absolute Gasteiger partial charge is 0.303 e. The summed E-state index contributed by atoms with van der Waals surface area (Å²) in [6.07, 6.45) is 6.65. The van der Waals surface area contributed by atoms with E-state index >= 15 is 0 Å². The van der Waals surface area contributed by atoms with Crippen LogP contribution < -0.4 is 4.74 Å². The lowest BCUT2D eigenvalue weighted by molar-refractivity contribution is -0.137. The Morgan fingerprint density at radius 1 is 1.11 bits per heavy atom. The Morgan fingerprint density at radius 2 is 1.89 bits per heavy atom. The summed E-state index contributed by atoms with van der Waals surface area (Å²) in [4.78, 5) is 26.1. The highest BCUT2D eigenvalue weighted by molar-refractivity contribution is 5.87. The van der Waals surface area contributed by atoms with Crippen molar-refractivity contribution < 1.29 is 28.9 Å². The first-order valence-corrected chi connectivity index (χ1v) is 13.1. The van der Waals surface area contributed by atoms with E-state index in [1.165, 1.54) is 0 Å². The number of rotatable bonds is 12. The number of benzene rings is 2. The van der Waals surface area contributed by atoms with Crippen molar-refractivity contribution in [2.75, 3.05) is 33.4 Å². The summed E-state index contributed by atoms with van der Waals surface area (Å²) >= 11 is 0. The van der Waals surface area contributed by atoms with Gasteiger partial charge in [0.1, 0.15) is 5.75 Å². The molecule has 1 aliphatic carbocycles. The van der Waals surface area contributed by atoms with Crippen molar-refractivity contribution >= 4 is 11.8 Å². The molecule has 1 saturated carbocycles. The van der Waals surface area contributed by atoms with Crippen molar-refractivity contribution in [2.45, 2.75) is 50.9 Å². The van der Waals surface area contributed by atoms with E-state index in [4.69, 9.17) is 19.3 Å². The first kappa shape index (κ1) is 27.0. The second-order valence-corrected chi connectivity index (χ2v) is 9.70. The van der Waals surface area contributed by atoms with Crippen molar-refractivity contribution in [3.05, 3.63) is 66.2 Å². The number of carboxylic acid groups (broad SMARTS) is 1. The SMILES string of the molecule is COc1cccc(-c2ccc(COC3CC(=O)C(N4CCOCC4)C3C/C=C/CCCC(=O)O)cc2)c1. The molecular weight excluding hydrogens is 470 g/mol. The van der Waals surface area contributed by atoms with Crippen LogP contribution in [0.3, 0.4) is 0 Å². The second-order valence-electron chi connectivity index (χ2n) is 9.70. The summed E-state index contributed by atoms with van der Waals surface area (Å²) in [5.74, 6) is 0.363. The fourth-order valence-corrected chi connectivity index (χ4v) is 5.25. The first-order valence-electron chi connectivity index (χ1n) is 13.1. The van der Waals surface area contributed by atoms with E-state index in [0.29, 0.717) is 32.7 Å². The molecule has 0 bridgehead atoms. The third kappa shape index (κ3) is 7.51. The largest absolute Gasteiger partial charge is 0.497 e. The minimum Gasteiger partial charge on any atom is -0.497 e. The Balaban J connectivity index is 1.39. The highest BCUT2D eigenvalue weighted by Crippen LogP contribution is 2.34. The van der Waals surface area contributed by atoms with Crippen LogP contribution in [0.15, 0.2) is 60.7 Å². The number of methoxy groups -OCH3 is 1. The molecule has 37 heavy (non-hydrogen) atoms. The number of hydrogen-bond acceptors (Lipinski definition) is 6. The molecule has 2 aromatic carbocycles. The number of nitrogens with zero attached hydrogens (tertiary/aromatic N) is 1. The maximum atomic E-state index is 13.1. The van der Waals surface area contributed by atoms with Gasteiger partial charge in [-0.1, -0.05) is 48.6 Å². The summed E-state index contributed by atoms with van der Waals surface area (Å²) < 4.78 is 17.2. The van der Waals surface area contributed by atoms with Crippen molar-refractivity contribution in [1.82, 2.24) is 4.90 Å². The van der Waals surface area contributed by atoms with E-state index < -0.39 is 5.97 Å². The summed E-state index contributed by atoms with van der Waals surface area (Å²) in [6, 6.07) is 16.1. The quantitative estimate of drug-likeness (QED) is 0.328. The van der Waals surface area contributed by atoms with Crippen LogP contribution in [0.5, 0.6) is 5.75 Å². The Bertz CT molecular complexity index is 1060. The number of ether oxygens (including phenoxy) is 3. The molecule has 0 amide bonds. The average molecular weight is 508 g/mol. The van der Waals surface area contributed by atoms with Gasteiger partial charge in [0.05, 0.1) is 39.1 Å². The van der Waals surface area contributed by atoms with Gasteiger partial charge in [-0.3, -0.25) is 14.5 Å². The molecule has 1 heterocycles. The zero-order valence-corrected chi connectivity index (χ0v) is 21.5. The number of unbranched alkanes of at least 4 members (excludes halogenated alkanes) is 1. The summed E-state index contributed by atoms with van der Waals surface area (Å²) in [5, 5.41) is 8.83. The molecule has 1 saturated heterocycles. The molecule has 198 valence electrons. The van der Waals surface area contributed by atoms with E-state index in [1.54, 1.807) is 7.11 Å². The number of carbonyl (C=O) groups excluding carboxylic acids is 1. The van der Waals surface area contributed by atoms with E-state index in [2.05, 4.69) is 41.3 Å². The van der Waals surface area contributed by atoms with E-state index in [-0.39, 0.29) is 30.3 Å². The number of allylic oxidation sites excluding steroid dienone is 2. The zero-order valence-electron chi connectivity index (χ0n) is 21.5. The Kier molecular flexibility index (Phi) is 9.88. The van der Waals surface area contributed by atoms with Gasteiger partial charge in [-0.2, -0.15) is 0 Å². The molecular formula is C30H37NO6. The van der Waals surface area contributed by atoms with Crippen molar-refractivity contribution in [1.29, 1.82) is 0 Å². The van der Waals surface area contributed by atoms with Crippen LogP contribution in [0, 0.1) is 5.92 Å². The van der Waals surface area contributed by atoms with Crippen LogP contribution in [0.1, 0.15) is 37.7 Å². The van der Waals surface area contributed by atoms with Gasteiger partial charge in [-0.05, 0) is 48.1 Å². The molecule has 2 aromatic rings. The molecule has 1 aliphatic heterocycles. The van der Waals surface area contributed by atoms with Gasteiger partial charge in [0.25, 0.3) is 0 Å². The van der Waals surface area contributed by atoms with Gasteiger partial charge >= 0.3 is 5.97 Å². The van der Waals surface area contributed by atoms with Gasteiger partial charge in [0.15, 0.2) is 5.78 Å². The number of carboxylic acids is 1. The Hall–Kier alpha value is -3.00. The van der Waals surface area contributed by atoms with E-state index in [1.807, 2.05) is 24.3 Å². The van der Waals surface area contributed by atoms with Crippen molar-refractivity contribution in [3.63, 3.8) is 0 Å². The molecule has 3 unspecified atom stereocenters. The van der Waals surface area contributed by atoms with Gasteiger partial charge in [-0.15, -0.1) is 0 Å². The van der Waals surface area contributed by atoms with Crippen molar-refractivity contribution in [3.8, 4) is 16.9 Å². The summed E-state index contributed by atoms with van der Waals surface area (Å²) in [6.45, 7) is 3.26. The lowest BCUT2D eigenvalue weighted by Gasteiger charge is -2.35. The van der Waals surface area contributed by atoms with Gasteiger partial charge in [0, 0.05) is 31.8 Å². The zero-order chi connectivity index (χ0) is 26.0. The number of morpholine rings is 1. The minimum absolute atomic E-state index is 0.0670. The minimum atomic E-state index is -0.771. The van der Waals surface area contributed by atoms with Crippen LogP contribution in [0.25, 0.3) is 11.1 Å². The van der Waals surface area contributed by atoms with E-state index in [9.17, 15) is 9.59 Å². The van der Waals surface area contributed by atoms with Crippen LogP contribution in [-0.2, 0) is 25.7 Å². The highest BCUT2D eigenvalue weighted by Gasteiger charge is 2.45. The number of aliphatic carboxylic acids is 1. The molecule has 0 aromatic heterocycles. The van der Waals surface area contributed by atoms with Gasteiger partial charge in [-0.25, -0.2) is 0 Å². The van der Waals surface area contributed by atoms with Crippen LogP contribution in [-0.4, -0.2) is 67.3 Å². The first-order chi connectivity index (χ1) is 18.0. The average Bonchev–Trinajstić information content (AvgIpc) is 3.24. The number of carbonyl (C=O) groups is 2. The number of ketones is 1. The maximum absolute atomic E-state index is 13.1. The Labute approximate surface area is 219 Å². The van der Waals surface area contributed by atoms with E-state index in [0.717, 1.165) is 48.4 Å². The molecule has 2 fully saturated rings. The molecule has 0 spiro atoms. The molecule has 1 N–H and O–H groups in total. The predicted octanol–water partition coefficient (Wildman–Crippen LogP) is 4.74. The van der Waals surface area contributed by atoms with Crippen LogP contribution in [0.2, 0.25) is 0 Å². The standard InChI is InChI=1S/C30H37NO6/c1-35-25-8-6-7-24(19-25)23-13-11-22(12-14-23)21-37-28-20-27(32)30(31-15-17-36-18-16-31)26(28)9-4-2-3-5-10-29(33)34/h2,4,6-8,11-14,19,26,28,30H,3,5,9-10,15-18,20-21H2,1H3,(H,33,34)/b4-2+. The van der Waals surface area contributed by atoms with Crippen LogP contribution in [0.4, 0.5) is 0 Å². The molecule has 3 atom stereocenters. The summed E-state index contributed by atoms with van der Waals surface area (Å²) in [5.41, 5.74) is 3.27. The molecule has 7 heteroatoms. The van der Waals surface area contributed by atoms with Gasteiger partial charge < -0.3 is 19.3 Å². The normalized spacial score (nSPS) is 22.5. The number of Topliss-reactive ketones (excluding diaryl/α,β-unsaturated/α-hetero) is 1. The van der Waals surface area contributed by atoms with Crippen LogP contribution >= 0.6 is 0 Å². The molecule has 0 radical (unpaired) electrons. The third-order valence-electron chi connectivity index (χ3n) is 7.21. The molecule has 2 aliphatic rings.